The normalized spacial score (nSPS) is 14.2. The zero-order valence-corrected chi connectivity index (χ0v) is 18.4. The summed E-state index contributed by atoms with van der Waals surface area (Å²) in [4.78, 5) is 18.4. The van der Waals surface area contributed by atoms with E-state index in [1.807, 2.05) is 48.7 Å². The second kappa shape index (κ2) is 9.94. The zero-order valence-electron chi connectivity index (χ0n) is 17.6. The smallest absolute Gasteiger partial charge is 0.322 e. The molecule has 0 radical (unpaired) electrons. The molecule has 0 saturated heterocycles. The number of benzene rings is 2. The van der Waals surface area contributed by atoms with Gasteiger partial charge < -0.3 is 14.7 Å². The minimum absolute atomic E-state index is 0.445. The Morgan fingerprint density at radius 3 is 2.81 bits per heavy atom. The average Bonchev–Trinajstić information content (AvgIpc) is 3.21. The predicted molar refractivity (Wildman–Crippen MR) is 123 cm³/mol. The first-order chi connectivity index (χ1) is 15.1. The van der Waals surface area contributed by atoms with Crippen molar-refractivity contribution >= 4 is 23.0 Å². The third-order valence-electron chi connectivity index (χ3n) is 5.44. The van der Waals surface area contributed by atoms with Crippen LogP contribution in [0, 0.1) is 6.92 Å². The number of hydrogen-bond acceptors (Lipinski definition) is 6. The molecule has 0 fully saturated rings. The van der Waals surface area contributed by atoms with Gasteiger partial charge in [-0.25, -0.2) is 4.98 Å². The van der Waals surface area contributed by atoms with E-state index in [-0.39, 0.29) is 0 Å². The van der Waals surface area contributed by atoms with E-state index < -0.39 is 12.0 Å². The first kappa shape index (κ1) is 21.3. The third kappa shape index (κ3) is 5.62. The Morgan fingerprint density at radius 1 is 1.26 bits per heavy atom. The first-order valence-corrected chi connectivity index (χ1v) is 11.4. The molecule has 1 aromatic heterocycles. The molecular weight excluding hydrogens is 410 g/mol. The van der Waals surface area contributed by atoms with Gasteiger partial charge in [0.25, 0.3) is 0 Å². The quantitative estimate of drug-likeness (QED) is 0.527. The number of nitrogens with one attached hydrogen (secondary N) is 1. The van der Waals surface area contributed by atoms with Crippen LogP contribution in [-0.4, -0.2) is 35.2 Å². The van der Waals surface area contributed by atoms with Gasteiger partial charge in [0.1, 0.15) is 18.4 Å². The van der Waals surface area contributed by atoms with Crippen molar-refractivity contribution in [2.75, 3.05) is 18.0 Å². The largest absolute Gasteiger partial charge is 0.487 e. The highest BCUT2D eigenvalue weighted by molar-refractivity contribution is 7.09. The molecule has 0 amide bonds. The minimum atomic E-state index is -0.832. The topological polar surface area (TPSA) is 74.7 Å². The molecule has 1 atom stereocenters. The first-order valence-electron chi connectivity index (χ1n) is 10.5. The molecule has 31 heavy (non-hydrogen) atoms. The Morgan fingerprint density at radius 2 is 2.06 bits per heavy atom. The number of carboxylic acid groups (broad SMARTS) is 1. The van der Waals surface area contributed by atoms with Crippen LogP contribution in [-0.2, 0) is 24.4 Å². The van der Waals surface area contributed by atoms with Crippen LogP contribution in [0.2, 0.25) is 0 Å². The molecule has 2 N–H and O–H groups in total. The number of thiazole rings is 1. The Hall–Kier alpha value is -2.90. The van der Waals surface area contributed by atoms with Crippen molar-refractivity contribution in [3.63, 3.8) is 0 Å². The Labute approximate surface area is 186 Å². The summed E-state index contributed by atoms with van der Waals surface area (Å²) in [7, 11) is 0. The summed E-state index contributed by atoms with van der Waals surface area (Å²) >= 11 is 1.61. The fourth-order valence-corrected chi connectivity index (χ4v) is 4.43. The predicted octanol–water partition coefficient (Wildman–Crippen LogP) is 4.03. The molecule has 2 aromatic carbocycles. The van der Waals surface area contributed by atoms with E-state index in [4.69, 9.17) is 4.74 Å². The van der Waals surface area contributed by atoms with Crippen molar-refractivity contribution < 1.29 is 14.6 Å². The van der Waals surface area contributed by atoms with Gasteiger partial charge in [-0.3, -0.25) is 10.1 Å². The van der Waals surface area contributed by atoms with Gasteiger partial charge in [0.15, 0.2) is 0 Å². The standard InChI is InChI=1S/C24H27N3O3S/c1-17-26-20(16-31-17)15-30-21-10-8-18(9-11-21)13-25-22(24(28)29)14-27-12-4-6-19-5-2-3-7-23(19)27/h2-3,5,7-11,16,22,25H,4,6,12-15H2,1H3,(H,28,29). The van der Waals surface area contributed by atoms with Crippen molar-refractivity contribution in [2.24, 2.45) is 0 Å². The van der Waals surface area contributed by atoms with Gasteiger partial charge in [0, 0.05) is 30.7 Å². The fraction of sp³-hybridized carbons (Fsp3) is 0.333. The molecular formula is C24H27N3O3S. The van der Waals surface area contributed by atoms with Crippen LogP contribution in [0.5, 0.6) is 5.75 Å². The van der Waals surface area contributed by atoms with Gasteiger partial charge in [-0.15, -0.1) is 11.3 Å². The fourth-order valence-electron chi connectivity index (χ4n) is 3.83. The molecule has 1 unspecified atom stereocenters. The lowest BCUT2D eigenvalue weighted by molar-refractivity contribution is -0.139. The lowest BCUT2D eigenvalue weighted by Crippen LogP contribution is -2.47. The van der Waals surface area contributed by atoms with E-state index >= 15 is 0 Å². The maximum absolute atomic E-state index is 11.9. The van der Waals surface area contributed by atoms with Crippen LogP contribution in [0.4, 0.5) is 5.69 Å². The molecule has 0 saturated carbocycles. The minimum Gasteiger partial charge on any atom is -0.487 e. The molecule has 2 heterocycles. The molecule has 3 aromatic rings. The maximum Gasteiger partial charge on any atom is 0.322 e. The van der Waals surface area contributed by atoms with E-state index in [0.29, 0.717) is 19.7 Å². The summed E-state index contributed by atoms with van der Waals surface area (Å²) in [5, 5.41) is 16.0. The number of anilines is 1. The van der Waals surface area contributed by atoms with E-state index in [2.05, 4.69) is 27.3 Å². The number of aromatic nitrogens is 1. The average molecular weight is 438 g/mol. The highest BCUT2D eigenvalue weighted by Crippen LogP contribution is 2.26. The summed E-state index contributed by atoms with van der Waals surface area (Å²) in [6.07, 6.45) is 2.10. The summed E-state index contributed by atoms with van der Waals surface area (Å²) in [5.41, 5.74) is 4.39. The summed E-state index contributed by atoms with van der Waals surface area (Å²) in [6, 6.07) is 15.4. The number of fused-ring (bicyclic) bond motifs is 1. The van der Waals surface area contributed by atoms with E-state index in [9.17, 15) is 9.90 Å². The van der Waals surface area contributed by atoms with Crippen LogP contribution < -0.4 is 15.0 Å². The summed E-state index contributed by atoms with van der Waals surface area (Å²) < 4.78 is 5.78. The van der Waals surface area contributed by atoms with Crippen LogP contribution in [0.1, 0.15) is 28.2 Å². The summed E-state index contributed by atoms with van der Waals surface area (Å²) in [6.45, 7) is 4.23. The Bertz CT molecular complexity index is 1020. The van der Waals surface area contributed by atoms with Gasteiger partial charge in [0.2, 0.25) is 0 Å². The van der Waals surface area contributed by atoms with Crippen molar-refractivity contribution in [3.05, 3.63) is 75.7 Å². The molecule has 6 nitrogen and oxygen atoms in total. The monoisotopic (exact) mass is 437 g/mol. The van der Waals surface area contributed by atoms with Crippen LogP contribution in [0.15, 0.2) is 53.9 Å². The Balaban J connectivity index is 1.32. The van der Waals surface area contributed by atoms with Crippen molar-refractivity contribution in [3.8, 4) is 5.75 Å². The highest BCUT2D eigenvalue weighted by Gasteiger charge is 2.24. The third-order valence-corrected chi connectivity index (χ3v) is 6.26. The summed E-state index contributed by atoms with van der Waals surface area (Å²) in [5.74, 6) is -0.0596. The molecule has 162 valence electrons. The van der Waals surface area contributed by atoms with E-state index in [0.717, 1.165) is 47.1 Å². The molecule has 0 aliphatic carbocycles. The molecule has 0 spiro atoms. The maximum atomic E-state index is 11.9. The van der Waals surface area contributed by atoms with Crippen molar-refractivity contribution in [2.45, 2.75) is 39.0 Å². The van der Waals surface area contributed by atoms with Crippen molar-refractivity contribution in [1.82, 2.24) is 10.3 Å². The zero-order chi connectivity index (χ0) is 21.6. The van der Waals surface area contributed by atoms with Crippen LogP contribution >= 0.6 is 11.3 Å². The number of rotatable bonds is 9. The number of hydrogen-bond donors (Lipinski definition) is 2. The van der Waals surface area contributed by atoms with Gasteiger partial charge in [0.05, 0.1) is 10.7 Å². The Kier molecular flexibility index (Phi) is 6.84. The number of aryl methyl sites for hydroxylation is 2. The number of carboxylic acids is 1. The lowest BCUT2D eigenvalue weighted by Gasteiger charge is -2.33. The van der Waals surface area contributed by atoms with E-state index in [1.165, 1.54) is 5.56 Å². The van der Waals surface area contributed by atoms with Crippen LogP contribution in [0.3, 0.4) is 0 Å². The molecule has 0 bridgehead atoms. The molecule has 1 aliphatic heterocycles. The number of para-hydroxylation sites is 1. The molecule has 1 aliphatic rings. The number of carbonyl (C=O) groups is 1. The number of aliphatic carboxylic acids is 1. The van der Waals surface area contributed by atoms with Gasteiger partial charge in [-0.2, -0.15) is 0 Å². The van der Waals surface area contributed by atoms with Crippen molar-refractivity contribution in [1.29, 1.82) is 0 Å². The molecule has 7 heteroatoms. The SMILES string of the molecule is Cc1nc(COc2ccc(CNC(CN3CCCc4ccccc43)C(=O)O)cc2)cs1. The lowest BCUT2D eigenvalue weighted by atomic mass is 10.0. The van der Waals surface area contributed by atoms with Gasteiger partial charge >= 0.3 is 5.97 Å². The second-order valence-electron chi connectivity index (χ2n) is 7.74. The number of ether oxygens (including phenoxy) is 1. The molecule has 4 rings (SSSR count). The number of nitrogens with zero attached hydrogens (tertiary/aromatic N) is 2. The van der Waals surface area contributed by atoms with Crippen LogP contribution in [0.25, 0.3) is 0 Å². The van der Waals surface area contributed by atoms with Gasteiger partial charge in [-0.05, 0) is 49.1 Å². The van der Waals surface area contributed by atoms with E-state index in [1.54, 1.807) is 11.3 Å². The highest BCUT2D eigenvalue weighted by atomic mass is 32.1. The van der Waals surface area contributed by atoms with Gasteiger partial charge in [-0.1, -0.05) is 30.3 Å². The second-order valence-corrected chi connectivity index (χ2v) is 8.80.